The number of nitrogens with one attached hydrogen (secondary N) is 1. The Morgan fingerprint density at radius 3 is 2.75 bits per heavy atom. The number of nitrogens with zero attached hydrogens (tertiary/aromatic N) is 1. The standard InChI is InChI=1S/C19H24N2O3/c22-19(13-20-12-17-8-4-10-23-17)21(15-18-9-5-11-24-18)14-16-6-2-1-3-7-16/h1-3,5-7,9,11,17,20H,4,8,10,12-15H2/t17-/m0/s1. The lowest BCUT2D eigenvalue weighted by Crippen LogP contribution is -2.39. The molecule has 0 aliphatic carbocycles. The van der Waals surface area contributed by atoms with Gasteiger partial charge in [-0.2, -0.15) is 0 Å². The molecule has 128 valence electrons. The number of benzene rings is 1. The van der Waals surface area contributed by atoms with Crippen LogP contribution < -0.4 is 5.32 Å². The van der Waals surface area contributed by atoms with Gasteiger partial charge < -0.3 is 19.4 Å². The maximum atomic E-state index is 12.6. The number of amides is 1. The molecule has 0 radical (unpaired) electrons. The molecule has 24 heavy (non-hydrogen) atoms. The Labute approximate surface area is 142 Å². The molecule has 0 saturated carbocycles. The van der Waals surface area contributed by atoms with E-state index in [0.717, 1.165) is 37.3 Å². The summed E-state index contributed by atoms with van der Waals surface area (Å²) in [4.78, 5) is 14.4. The van der Waals surface area contributed by atoms with Crippen LogP contribution in [0.1, 0.15) is 24.2 Å². The van der Waals surface area contributed by atoms with Gasteiger partial charge in [0.15, 0.2) is 0 Å². The monoisotopic (exact) mass is 328 g/mol. The molecule has 1 amide bonds. The zero-order chi connectivity index (χ0) is 16.6. The molecule has 1 aliphatic rings. The summed E-state index contributed by atoms with van der Waals surface area (Å²) >= 11 is 0. The van der Waals surface area contributed by atoms with Gasteiger partial charge in [-0.15, -0.1) is 0 Å². The topological polar surface area (TPSA) is 54.7 Å². The molecule has 1 saturated heterocycles. The molecule has 5 nitrogen and oxygen atoms in total. The van der Waals surface area contributed by atoms with E-state index in [2.05, 4.69) is 5.32 Å². The van der Waals surface area contributed by atoms with Crippen LogP contribution in [0.4, 0.5) is 0 Å². The molecular weight excluding hydrogens is 304 g/mol. The molecule has 2 aromatic rings. The van der Waals surface area contributed by atoms with Crippen LogP contribution in [-0.4, -0.2) is 36.6 Å². The maximum absolute atomic E-state index is 12.6. The zero-order valence-corrected chi connectivity index (χ0v) is 13.8. The minimum absolute atomic E-state index is 0.0632. The van der Waals surface area contributed by atoms with Gasteiger partial charge in [0.05, 0.1) is 25.5 Å². The first kappa shape index (κ1) is 16.7. The van der Waals surface area contributed by atoms with E-state index in [9.17, 15) is 4.79 Å². The highest BCUT2D eigenvalue weighted by Gasteiger charge is 2.18. The average molecular weight is 328 g/mol. The van der Waals surface area contributed by atoms with Gasteiger partial charge in [0.2, 0.25) is 5.91 Å². The van der Waals surface area contributed by atoms with Gasteiger partial charge in [0, 0.05) is 19.7 Å². The van der Waals surface area contributed by atoms with Crippen molar-refractivity contribution >= 4 is 5.91 Å². The predicted octanol–water partition coefficient (Wildman–Crippen LogP) is 2.58. The predicted molar refractivity (Wildman–Crippen MR) is 91.2 cm³/mol. The van der Waals surface area contributed by atoms with Crippen LogP contribution in [0, 0.1) is 0 Å². The minimum Gasteiger partial charge on any atom is -0.467 e. The summed E-state index contributed by atoms with van der Waals surface area (Å²) in [6.07, 6.45) is 4.06. The Hall–Kier alpha value is -2.11. The van der Waals surface area contributed by atoms with Crippen molar-refractivity contribution < 1.29 is 13.9 Å². The van der Waals surface area contributed by atoms with Gasteiger partial charge in [-0.1, -0.05) is 30.3 Å². The fraction of sp³-hybridized carbons (Fsp3) is 0.421. The highest BCUT2D eigenvalue weighted by molar-refractivity contribution is 5.78. The number of furan rings is 1. The Kier molecular flexibility index (Phi) is 6.04. The number of carbonyl (C=O) groups excluding carboxylic acids is 1. The summed E-state index contributed by atoms with van der Waals surface area (Å²) in [5.74, 6) is 0.853. The van der Waals surface area contributed by atoms with E-state index >= 15 is 0 Å². The Morgan fingerprint density at radius 1 is 1.17 bits per heavy atom. The van der Waals surface area contributed by atoms with Crippen LogP contribution in [-0.2, 0) is 22.6 Å². The number of hydrogen-bond acceptors (Lipinski definition) is 4. The van der Waals surface area contributed by atoms with Crippen molar-refractivity contribution in [3.05, 3.63) is 60.1 Å². The van der Waals surface area contributed by atoms with Gasteiger partial charge in [-0.25, -0.2) is 0 Å². The van der Waals surface area contributed by atoms with Crippen molar-refractivity contribution in [2.24, 2.45) is 0 Å². The van der Waals surface area contributed by atoms with Gasteiger partial charge in [0.1, 0.15) is 5.76 Å². The minimum atomic E-state index is 0.0632. The summed E-state index contributed by atoms with van der Waals surface area (Å²) in [6, 6.07) is 13.7. The largest absolute Gasteiger partial charge is 0.467 e. The molecule has 1 fully saturated rings. The van der Waals surface area contributed by atoms with Crippen molar-refractivity contribution in [3.63, 3.8) is 0 Å². The SMILES string of the molecule is O=C(CNC[C@@H]1CCCO1)N(Cc1ccccc1)Cc1ccco1. The zero-order valence-electron chi connectivity index (χ0n) is 13.8. The quantitative estimate of drug-likeness (QED) is 0.809. The van der Waals surface area contributed by atoms with E-state index in [1.165, 1.54) is 0 Å². The van der Waals surface area contributed by atoms with Crippen molar-refractivity contribution in [1.29, 1.82) is 0 Å². The van der Waals surface area contributed by atoms with Crippen molar-refractivity contribution in [2.45, 2.75) is 32.0 Å². The number of rotatable bonds is 8. The molecule has 1 aromatic carbocycles. The smallest absolute Gasteiger partial charge is 0.237 e. The molecule has 0 bridgehead atoms. The average Bonchev–Trinajstić information content (AvgIpc) is 3.29. The van der Waals surface area contributed by atoms with Crippen LogP contribution in [0.2, 0.25) is 0 Å². The van der Waals surface area contributed by atoms with E-state index in [0.29, 0.717) is 19.6 Å². The van der Waals surface area contributed by atoms with Crippen molar-refractivity contribution in [1.82, 2.24) is 10.2 Å². The fourth-order valence-corrected chi connectivity index (χ4v) is 2.88. The third-order valence-corrected chi connectivity index (χ3v) is 4.17. The lowest BCUT2D eigenvalue weighted by molar-refractivity contribution is -0.131. The second-order valence-corrected chi connectivity index (χ2v) is 6.08. The van der Waals surface area contributed by atoms with E-state index < -0.39 is 0 Å². The van der Waals surface area contributed by atoms with E-state index in [4.69, 9.17) is 9.15 Å². The van der Waals surface area contributed by atoms with Crippen LogP contribution in [0.15, 0.2) is 53.1 Å². The van der Waals surface area contributed by atoms with Crippen LogP contribution in [0.5, 0.6) is 0 Å². The molecular formula is C19H24N2O3. The van der Waals surface area contributed by atoms with E-state index in [1.54, 1.807) is 6.26 Å². The molecule has 1 N–H and O–H groups in total. The van der Waals surface area contributed by atoms with Crippen LogP contribution in [0.25, 0.3) is 0 Å². The highest BCUT2D eigenvalue weighted by Crippen LogP contribution is 2.12. The van der Waals surface area contributed by atoms with E-state index in [-0.39, 0.29) is 12.0 Å². The molecule has 5 heteroatoms. The second-order valence-electron chi connectivity index (χ2n) is 6.08. The third kappa shape index (κ3) is 4.94. The van der Waals surface area contributed by atoms with Crippen LogP contribution in [0.3, 0.4) is 0 Å². The second kappa shape index (κ2) is 8.66. The third-order valence-electron chi connectivity index (χ3n) is 4.17. The van der Waals surface area contributed by atoms with Gasteiger partial charge in [0.25, 0.3) is 0 Å². The van der Waals surface area contributed by atoms with E-state index in [1.807, 2.05) is 47.4 Å². The Morgan fingerprint density at radius 2 is 2.04 bits per heavy atom. The molecule has 2 heterocycles. The summed E-state index contributed by atoms with van der Waals surface area (Å²) < 4.78 is 11.0. The molecule has 0 spiro atoms. The van der Waals surface area contributed by atoms with Crippen molar-refractivity contribution in [3.8, 4) is 0 Å². The molecule has 1 atom stereocenters. The number of ether oxygens (including phenoxy) is 1. The Bertz CT molecular complexity index is 607. The normalized spacial score (nSPS) is 17.1. The number of carbonyl (C=O) groups is 1. The summed E-state index contributed by atoms with van der Waals surface area (Å²) in [6.45, 7) is 2.92. The summed E-state index contributed by atoms with van der Waals surface area (Å²) in [5.41, 5.74) is 1.11. The van der Waals surface area contributed by atoms with Crippen molar-refractivity contribution in [2.75, 3.05) is 19.7 Å². The fourth-order valence-electron chi connectivity index (χ4n) is 2.88. The Balaban J connectivity index is 1.56. The first-order chi connectivity index (χ1) is 11.8. The highest BCUT2D eigenvalue weighted by atomic mass is 16.5. The number of hydrogen-bond donors (Lipinski definition) is 1. The maximum Gasteiger partial charge on any atom is 0.237 e. The lowest BCUT2D eigenvalue weighted by atomic mass is 10.2. The lowest BCUT2D eigenvalue weighted by Gasteiger charge is -2.22. The first-order valence-electron chi connectivity index (χ1n) is 8.47. The first-order valence-corrected chi connectivity index (χ1v) is 8.47. The van der Waals surface area contributed by atoms with Crippen LogP contribution >= 0.6 is 0 Å². The summed E-state index contributed by atoms with van der Waals surface area (Å²) in [5, 5.41) is 3.23. The van der Waals surface area contributed by atoms with Gasteiger partial charge in [-0.05, 0) is 30.5 Å². The molecule has 0 unspecified atom stereocenters. The van der Waals surface area contributed by atoms with Gasteiger partial charge in [-0.3, -0.25) is 4.79 Å². The molecule has 1 aliphatic heterocycles. The van der Waals surface area contributed by atoms with Gasteiger partial charge >= 0.3 is 0 Å². The molecule has 1 aromatic heterocycles. The summed E-state index contributed by atoms with van der Waals surface area (Å²) in [7, 11) is 0. The molecule has 3 rings (SSSR count).